The average molecular weight is 506 g/mol. The molecule has 0 N–H and O–H groups in total. The van der Waals surface area contributed by atoms with Gasteiger partial charge in [-0.2, -0.15) is 5.01 Å². The van der Waals surface area contributed by atoms with Crippen molar-refractivity contribution in [3.8, 4) is 0 Å². The van der Waals surface area contributed by atoms with Crippen LogP contribution in [0.2, 0.25) is 15.1 Å². The zero-order chi connectivity index (χ0) is 23.9. The summed E-state index contributed by atoms with van der Waals surface area (Å²) in [5.74, 6) is -3.31. The molecule has 0 spiro atoms. The Labute approximate surface area is 205 Å². The second kappa shape index (κ2) is 9.29. The normalized spacial score (nSPS) is 19.9. The first-order valence-corrected chi connectivity index (χ1v) is 11.4. The first kappa shape index (κ1) is 23.5. The highest BCUT2D eigenvalue weighted by molar-refractivity contribution is 6.37. The minimum atomic E-state index is -0.671. The number of carbonyl (C=O) groups excluding carboxylic acids is 4. The zero-order valence-electron chi connectivity index (χ0n) is 17.6. The SMILES string of the molecule is CC1=CC[C@@H]2C(=O)N(N(CC(=O)c3ccc(Cl)cc3Cl)C(=O)c3ccc(Cl)cc3)C(=O)[C@H]2C1. The van der Waals surface area contributed by atoms with Crippen molar-refractivity contribution in [3.63, 3.8) is 0 Å². The number of nitrogens with zero attached hydrogens (tertiary/aromatic N) is 2. The molecule has 1 aliphatic heterocycles. The minimum Gasteiger partial charge on any atom is -0.292 e. The molecule has 2 aromatic rings. The number of Topliss-reactive ketones (excluding diaryl/α,β-unsaturated/α-hetero) is 1. The van der Waals surface area contributed by atoms with E-state index in [1.54, 1.807) is 0 Å². The fraction of sp³-hybridized carbons (Fsp3) is 0.250. The van der Waals surface area contributed by atoms with Crippen LogP contribution in [0.5, 0.6) is 0 Å². The molecule has 0 unspecified atom stereocenters. The lowest BCUT2D eigenvalue weighted by molar-refractivity contribution is -0.154. The van der Waals surface area contributed by atoms with Gasteiger partial charge in [0.1, 0.15) is 6.54 Å². The van der Waals surface area contributed by atoms with Crippen LogP contribution in [0.4, 0.5) is 0 Å². The Bertz CT molecular complexity index is 1190. The van der Waals surface area contributed by atoms with E-state index in [4.69, 9.17) is 34.8 Å². The maximum absolute atomic E-state index is 13.4. The Kier molecular flexibility index (Phi) is 6.61. The standard InChI is InChI=1S/C24H19Cl3N2O4/c1-13-2-8-17-19(10-13)24(33)29(23(17)32)28(22(31)14-3-5-15(25)6-4-14)12-21(30)18-9-7-16(26)11-20(18)27/h2-7,9,11,17,19H,8,10,12H2,1H3/t17-,19-/m0/s1. The van der Waals surface area contributed by atoms with Crippen LogP contribution in [0.3, 0.4) is 0 Å². The summed E-state index contributed by atoms with van der Waals surface area (Å²) >= 11 is 18.0. The van der Waals surface area contributed by atoms with E-state index in [1.807, 2.05) is 13.0 Å². The van der Waals surface area contributed by atoms with Crippen molar-refractivity contribution < 1.29 is 19.2 Å². The maximum Gasteiger partial charge on any atom is 0.273 e. The second-order valence-electron chi connectivity index (χ2n) is 8.11. The Morgan fingerprint density at radius 2 is 1.61 bits per heavy atom. The fourth-order valence-electron chi connectivity index (χ4n) is 4.17. The molecule has 1 fully saturated rings. The van der Waals surface area contributed by atoms with Gasteiger partial charge >= 0.3 is 0 Å². The Hall–Kier alpha value is -2.67. The van der Waals surface area contributed by atoms with E-state index in [0.29, 0.717) is 22.9 Å². The smallest absolute Gasteiger partial charge is 0.273 e. The highest BCUT2D eigenvalue weighted by Crippen LogP contribution is 2.38. The van der Waals surface area contributed by atoms with E-state index >= 15 is 0 Å². The first-order valence-electron chi connectivity index (χ1n) is 10.3. The van der Waals surface area contributed by atoms with Crippen molar-refractivity contribution in [1.29, 1.82) is 0 Å². The van der Waals surface area contributed by atoms with Gasteiger partial charge in [-0.15, -0.1) is 0 Å². The van der Waals surface area contributed by atoms with Crippen LogP contribution in [-0.4, -0.2) is 40.1 Å². The van der Waals surface area contributed by atoms with Gasteiger partial charge in [0.2, 0.25) is 0 Å². The molecular weight excluding hydrogens is 487 g/mol. The number of rotatable bonds is 5. The molecule has 2 aliphatic rings. The number of hydrogen-bond donors (Lipinski definition) is 0. The van der Waals surface area contributed by atoms with Gasteiger partial charge in [-0.25, -0.2) is 5.01 Å². The van der Waals surface area contributed by atoms with Gasteiger partial charge in [0.05, 0.1) is 16.9 Å². The molecule has 3 amide bonds. The summed E-state index contributed by atoms with van der Waals surface area (Å²) in [5.41, 5.74) is 1.32. The number of benzene rings is 2. The molecule has 4 rings (SSSR count). The third-order valence-electron chi connectivity index (χ3n) is 5.89. The van der Waals surface area contributed by atoms with E-state index in [9.17, 15) is 19.2 Å². The number of amides is 3. The molecule has 0 aromatic heterocycles. The number of fused-ring (bicyclic) bond motifs is 1. The fourth-order valence-corrected chi connectivity index (χ4v) is 4.81. The number of imide groups is 1. The molecule has 9 heteroatoms. The molecule has 1 aliphatic carbocycles. The van der Waals surface area contributed by atoms with Gasteiger partial charge in [-0.1, -0.05) is 46.5 Å². The Morgan fingerprint density at radius 1 is 0.970 bits per heavy atom. The molecule has 33 heavy (non-hydrogen) atoms. The number of hydrogen-bond acceptors (Lipinski definition) is 4. The minimum absolute atomic E-state index is 0.110. The van der Waals surface area contributed by atoms with E-state index in [2.05, 4.69) is 0 Å². The summed E-state index contributed by atoms with van der Waals surface area (Å²) in [7, 11) is 0. The van der Waals surface area contributed by atoms with Gasteiger partial charge < -0.3 is 0 Å². The summed E-state index contributed by atoms with van der Waals surface area (Å²) in [6.45, 7) is 1.35. The van der Waals surface area contributed by atoms with Crippen molar-refractivity contribution in [3.05, 3.63) is 80.3 Å². The number of allylic oxidation sites excluding steroid dienone is 2. The van der Waals surface area contributed by atoms with Crippen LogP contribution in [-0.2, 0) is 9.59 Å². The lowest BCUT2D eigenvalue weighted by Crippen LogP contribution is -2.52. The van der Waals surface area contributed by atoms with Crippen molar-refractivity contribution >= 4 is 58.3 Å². The molecule has 2 atom stereocenters. The lowest BCUT2D eigenvalue weighted by atomic mass is 9.82. The van der Waals surface area contributed by atoms with E-state index < -0.39 is 41.9 Å². The van der Waals surface area contributed by atoms with Gasteiger partial charge in [-0.05, 0) is 62.2 Å². The van der Waals surface area contributed by atoms with Crippen molar-refractivity contribution in [2.45, 2.75) is 19.8 Å². The molecule has 2 aromatic carbocycles. The quantitative estimate of drug-likeness (QED) is 0.317. The number of halogens is 3. The summed E-state index contributed by atoms with van der Waals surface area (Å²) < 4.78 is 0. The van der Waals surface area contributed by atoms with Crippen molar-refractivity contribution in [2.75, 3.05) is 6.54 Å². The van der Waals surface area contributed by atoms with Crippen molar-refractivity contribution in [1.82, 2.24) is 10.0 Å². The predicted molar refractivity (Wildman–Crippen MR) is 125 cm³/mol. The second-order valence-corrected chi connectivity index (χ2v) is 9.39. The van der Waals surface area contributed by atoms with Gasteiger partial charge in [0, 0.05) is 21.2 Å². The lowest BCUT2D eigenvalue weighted by Gasteiger charge is -2.30. The van der Waals surface area contributed by atoms with Crippen LogP contribution < -0.4 is 0 Å². The monoisotopic (exact) mass is 504 g/mol. The average Bonchev–Trinajstić information content (AvgIpc) is 3.01. The van der Waals surface area contributed by atoms with Crippen LogP contribution in [0, 0.1) is 11.8 Å². The van der Waals surface area contributed by atoms with Crippen LogP contribution in [0.25, 0.3) is 0 Å². The number of hydrazine groups is 1. The van der Waals surface area contributed by atoms with E-state index in [-0.39, 0.29) is 16.1 Å². The summed E-state index contributed by atoms with van der Waals surface area (Å²) in [4.78, 5) is 53.0. The van der Waals surface area contributed by atoms with Crippen molar-refractivity contribution in [2.24, 2.45) is 11.8 Å². The largest absolute Gasteiger partial charge is 0.292 e. The van der Waals surface area contributed by atoms with Crippen LogP contribution in [0.15, 0.2) is 54.1 Å². The van der Waals surface area contributed by atoms with Gasteiger partial charge in [-0.3, -0.25) is 19.2 Å². The molecule has 0 saturated carbocycles. The number of ketones is 1. The van der Waals surface area contributed by atoms with Crippen LogP contribution in [0.1, 0.15) is 40.5 Å². The molecule has 0 radical (unpaired) electrons. The third kappa shape index (κ3) is 4.56. The highest BCUT2D eigenvalue weighted by Gasteiger charge is 2.51. The van der Waals surface area contributed by atoms with Gasteiger partial charge in [0.15, 0.2) is 5.78 Å². The summed E-state index contributed by atoms with van der Waals surface area (Å²) in [6, 6.07) is 10.3. The summed E-state index contributed by atoms with van der Waals surface area (Å²) in [5, 5.41) is 2.62. The Balaban J connectivity index is 1.71. The third-order valence-corrected chi connectivity index (χ3v) is 6.69. The summed E-state index contributed by atoms with van der Waals surface area (Å²) in [6.07, 6.45) is 2.78. The number of carbonyl (C=O) groups is 4. The predicted octanol–water partition coefficient (Wildman–Crippen LogP) is 5.23. The highest BCUT2D eigenvalue weighted by atomic mass is 35.5. The molecular formula is C24H19Cl3N2O4. The van der Waals surface area contributed by atoms with E-state index in [0.717, 1.165) is 15.6 Å². The molecule has 6 nitrogen and oxygen atoms in total. The topological polar surface area (TPSA) is 74.8 Å². The van der Waals surface area contributed by atoms with E-state index in [1.165, 1.54) is 42.5 Å². The molecule has 1 heterocycles. The van der Waals surface area contributed by atoms with Crippen LogP contribution >= 0.6 is 34.8 Å². The first-order chi connectivity index (χ1) is 15.7. The molecule has 170 valence electrons. The zero-order valence-corrected chi connectivity index (χ0v) is 19.8. The Morgan fingerprint density at radius 3 is 2.27 bits per heavy atom. The molecule has 1 saturated heterocycles. The van der Waals surface area contributed by atoms with Gasteiger partial charge in [0.25, 0.3) is 17.7 Å². The maximum atomic E-state index is 13.4. The molecule has 0 bridgehead atoms.